The maximum Gasteiger partial charge on any atom is 0.0783 e. The summed E-state index contributed by atoms with van der Waals surface area (Å²) in [7, 11) is -1.10. The summed E-state index contributed by atoms with van der Waals surface area (Å²) in [6.07, 6.45) is 1.88. The Morgan fingerprint density at radius 1 is 1.38 bits per heavy atom. The first kappa shape index (κ1) is 11.8. The molecule has 1 aromatic rings. The molecule has 0 spiro atoms. The zero-order valence-corrected chi connectivity index (χ0v) is 9.95. The van der Waals surface area contributed by atoms with Crippen molar-refractivity contribution < 1.29 is 9.32 Å². The quantitative estimate of drug-likeness (QED) is 0.775. The van der Waals surface area contributed by atoms with Gasteiger partial charge in [0.15, 0.2) is 0 Å². The van der Waals surface area contributed by atoms with Gasteiger partial charge in [-0.3, -0.25) is 4.21 Å². The molecule has 2 N–H and O–H groups in total. The molecular weight excluding hydrogens is 222 g/mol. The monoisotopic (exact) mass is 239 g/mol. The summed E-state index contributed by atoms with van der Waals surface area (Å²) in [4.78, 5) is 0.785. The maximum atomic E-state index is 11.8. The minimum absolute atomic E-state index is 0.309. The van der Waals surface area contributed by atoms with Crippen molar-refractivity contribution in [1.82, 2.24) is 5.32 Å². The van der Waals surface area contributed by atoms with Gasteiger partial charge in [0.25, 0.3) is 0 Å². The number of aliphatic hydroxyl groups excluding tert-OH is 1. The predicted molar refractivity (Wildman–Crippen MR) is 64.7 cm³/mol. The van der Waals surface area contributed by atoms with E-state index in [9.17, 15) is 9.32 Å². The first-order valence-electron chi connectivity index (χ1n) is 5.60. The lowest BCUT2D eigenvalue weighted by Crippen LogP contribution is -2.32. The van der Waals surface area contributed by atoms with E-state index in [0.717, 1.165) is 4.90 Å². The van der Waals surface area contributed by atoms with E-state index in [0.29, 0.717) is 18.3 Å². The largest absolute Gasteiger partial charge is 0.391 e. The summed E-state index contributed by atoms with van der Waals surface area (Å²) in [5, 5.41) is 12.9. The van der Waals surface area contributed by atoms with Crippen molar-refractivity contribution in [3.63, 3.8) is 0 Å². The van der Waals surface area contributed by atoms with E-state index >= 15 is 0 Å². The highest BCUT2D eigenvalue weighted by Gasteiger charge is 2.21. The third-order valence-electron chi connectivity index (χ3n) is 2.57. The molecule has 2 rings (SSSR count). The Morgan fingerprint density at radius 2 is 2.06 bits per heavy atom. The highest BCUT2D eigenvalue weighted by atomic mass is 32.2. The fourth-order valence-electron chi connectivity index (χ4n) is 1.49. The molecule has 1 fully saturated rings. The zero-order chi connectivity index (χ0) is 11.4. The molecule has 16 heavy (non-hydrogen) atoms. The summed E-state index contributed by atoms with van der Waals surface area (Å²) >= 11 is 0. The fraction of sp³-hybridized carbons (Fsp3) is 0.500. The zero-order valence-electron chi connectivity index (χ0n) is 9.13. The lowest BCUT2D eigenvalue weighted by atomic mass is 10.4. The maximum absolute atomic E-state index is 11.8. The molecule has 3 nitrogen and oxygen atoms in total. The van der Waals surface area contributed by atoms with Crippen molar-refractivity contribution in [2.45, 2.75) is 29.9 Å². The third-order valence-corrected chi connectivity index (χ3v) is 4.05. The molecule has 1 aliphatic rings. The average molecular weight is 239 g/mol. The standard InChI is InChI=1S/C12H17NO2S/c14-11(8-13-10-6-7-10)9-16(15)12-4-2-1-3-5-12/h1-5,10-11,13-14H,6-9H2. The van der Waals surface area contributed by atoms with Crippen molar-refractivity contribution in [3.8, 4) is 0 Å². The highest BCUT2D eigenvalue weighted by Crippen LogP contribution is 2.18. The van der Waals surface area contributed by atoms with E-state index in [1.807, 2.05) is 30.3 Å². The van der Waals surface area contributed by atoms with Crippen LogP contribution in [0.3, 0.4) is 0 Å². The summed E-state index contributed by atoms with van der Waals surface area (Å²) in [6.45, 7) is 0.545. The van der Waals surface area contributed by atoms with Gasteiger partial charge in [-0.1, -0.05) is 18.2 Å². The minimum atomic E-state index is -1.10. The van der Waals surface area contributed by atoms with Gasteiger partial charge in [0.1, 0.15) is 0 Å². The molecule has 1 aliphatic carbocycles. The SMILES string of the molecule is O=S(CC(O)CNC1CC1)c1ccccc1. The second kappa shape index (κ2) is 5.57. The Balaban J connectivity index is 1.77. The topological polar surface area (TPSA) is 49.3 Å². The summed E-state index contributed by atoms with van der Waals surface area (Å²) < 4.78 is 11.8. The van der Waals surface area contributed by atoms with Gasteiger partial charge in [-0.25, -0.2) is 0 Å². The Morgan fingerprint density at radius 3 is 2.69 bits per heavy atom. The first-order valence-corrected chi connectivity index (χ1v) is 6.92. The van der Waals surface area contributed by atoms with Crippen LogP contribution in [0.4, 0.5) is 0 Å². The number of rotatable bonds is 6. The van der Waals surface area contributed by atoms with Crippen LogP contribution in [0.1, 0.15) is 12.8 Å². The van der Waals surface area contributed by atoms with Crippen molar-refractivity contribution in [2.75, 3.05) is 12.3 Å². The summed E-state index contributed by atoms with van der Waals surface area (Å²) in [5.41, 5.74) is 0. The van der Waals surface area contributed by atoms with Gasteiger partial charge >= 0.3 is 0 Å². The van der Waals surface area contributed by atoms with Gasteiger partial charge < -0.3 is 10.4 Å². The molecule has 0 amide bonds. The molecule has 0 radical (unpaired) electrons. The molecule has 2 atom stereocenters. The van der Waals surface area contributed by atoms with E-state index in [1.165, 1.54) is 12.8 Å². The molecule has 2 unspecified atom stereocenters. The number of hydrogen-bond donors (Lipinski definition) is 2. The lowest BCUT2D eigenvalue weighted by molar-refractivity contribution is 0.194. The Hall–Kier alpha value is -0.710. The van der Waals surface area contributed by atoms with Crippen LogP contribution in [0.5, 0.6) is 0 Å². The molecule has 0 aliphatic heterocycles. The molecule has 1 saturated carbocycles. The van der Waals surface area contributed by atoms with Gasteiger partial charge in [0.2, 0.25) is 0 Å². The molecule has 1 aromatic carbocycles. The van der Waals surface area contributed by atoms with Crippen molar-refractivity contribution in [3.05, 3.63) is 30.3 Å². The number of benzene rings is 1. The van der Waals surface area contributed by atoms with Gasteiger partial charge in [0.05, 0.1) is 22.7 Å². The van der Waals surface area contributed by atoms with Crippen LogP contribution in [0.15, 0.2) is 35.2 Å². The second-order valence-electron chi connectivity index (χ2n) is 4.16. The van der Waals surface area contributed by atoms with E-state index in [-0.39, 0.29) is 0 Å². The molecule has 0 heterocycles. The van der Waals surface area contributed by atoms with Gasteiger partial charge in [-0.15, -0.1) is 0 Å². The van der Waals surface area contributed by atoms with Crippen LogP contribution in [0, 0.1) is 0 Å². The fourth-order valence-corrected chi connectivity index (χ4v) is 2.61. The number of aliphatic hydroxyl groups is 1. The van der Waals surface area contributed by atoms with Gasteiger partial charge in [-0.2, -0.15) is 0 Å². The molecule has 0 saturated heterocycles. The Bertz CT molecular complexity index is 351. The molecule has 88 valence electrons. The second-order valence-corrected chi connectivity index (χ2v) is 5.66. The van der Waals surface area contributed by atoms with Crippen LogP contribution in [-0.2, 0) is 10.8 Å². The van der Waals surface area contributed by atoms with Crippen molar-refractivity contribution in [2.24, 2.45) is 0 Å². The van der Waals surface area contributed by atoms with Crippen LogP contribution in [-0.4, -0.2) is 33.8 Å². The first-order chi connectivity index (χ1) is 7.75. The lowest BCUT2D eigenvalue weighted by Gasteiger charge is -2.10. The Kier molecular flexibility index (Phi) is 4.09. The van der Waals surface area contributed by atoms with E-state index in [1.54, 1.807) is 0 Å². The van der Waals surface area contributed by atoms with Gasteiger partial charge in [-0.05, 0) is 25.0 Å². The summed E-state index contributed by atoms with van der Waals surface area (Å²) in [6, 6.07) is 9.87. The number of nitrogens with one attached hydrogen (secondary N) is 1. The minimum Gasteiger partial charge on any atom is -0.391 e. The van der Waals surface area contributed by atoms with E-state index < -0.39 is 16.9 Å². The third kappa shape index (κ3) is 3.70. The van der Waals surface area contributed by atoms with Gasteiger partial charge in [0, 0.05) is 17.5 Å². The van der Waals surface area contributed by atoms with Crippen LogP contribution in [0.2, 0.25) is 0 Å². The predicted octanol–water partition coefficient (Wildman–Crippen LogP) is 0.907. The summed E-state index contributed by atoms with van der Waals surface area (Å²) in [5.74, 6) is 0.309. The van der Waals surface area contributed by atoms with Crippen LogP contribution in [0.25, 0.3) is 0 Å². The smallest absolute Gasteiger partial charge is 0.0783 e. The molecular formula is C12H17NO2S. The normalized spacial score (nSPS) is 19.3. The van der Waals surface area contributed by atoms with Crippen LogP contribution >= 0.6 is 0 Å². The number of hydrogen-bond acceptors (Lipinski definition) is 3. The molecule has 4 heteroatoms. The molecule has 0 aromatic heterocycles. The Labute approximate surface area is 98.3 Å². The van der Waals surface area contributed by atoms with Crippen LogP contribution < -0.4 is 5.32 Å². The van der Waals surface area contributed by atoms with E-state index in [4.69, 9.17) is 0 Å². The van der Waals surface area contributed by atoms with E-state index in [2.05, 4.69) is 5.32 Å². The highest BCUT2D eigenvalue weighted by molar-refractivity contribution is 7.85. The van der Waals surface area contributed by atoms with Crippen molar-refractivity contribution in [1.29, 1.82) is 0 Å². The molecule has 0 bridgehead atoms. The average Bonchev–Trinajstić information content (AvgIpc) is 3.11. The van der Waals surface area contributed by atoms with Crippen molar-refractivity contribution >= 4 is 10.8 Å².